The summed E-state index contributed by atoms with van der Waals surface area (Å²) >= 11 is 2.06. The van der Waals surface area contributed by atoms with E-state index in [-0.39, 0.29) is 5.60 Å². The van der Waals surface area contributed by atoms with Crippen molar-refractivity contribution < 1.29 is 9.53 Å². The Hall–Kier alpha value is -0.0200. The molecule has 0 radical (unpaired) electrons. The highest BCUT2D eigenvalue weighted by Gasteiger charge is 2.43. The molecule has 2 saturated heterocycles. The molecule has 3 aliphatic rings. The summed E-state index contributed by atoms with van der Waals surface area (Å²) in [5.74, 6) is 4.81. The van der Waals surface area contributed by atoms with Crippen LogP contribution in [0.3, 0.4) is 0 Å². The molecule has 0 bridgehead atoms. The zero-order valence-electron chi connectivity index (χ0n) is 13.4. The number of hydrogen-bond acceptors (Lipinski definition) is 3. The predicted molar refractivity (Wildman–Crippen MR) is 88.7 cm³/mol. The lowest BCUT2D eigenvalue weighted by atomic mass is 9.68. The Morgan fingerprint density at radius 2 is 2.10 bits per heavy atom. The maximum absolute atomic E-state index is 12.5. The van der Waals surface area contributed by atoms with Crippen LogP contribution in [0, 0.1) is 17.8 Å². The van der Waals surface area contributed by atoms with Gasteiger partial charge in [0.15, 0.2) is 0 Å². The maximum atomic E-state index is 12.5. The maximum Gasteiger partial charge on any atom is 0.136 e. The Kier molecular flexibility index (Phi) is 5.32. The highest BCUT2D eigenvalue weighted by Crippen LogP contribution is 2.45. The fourth-order valence-corrected chi connectivity index (χ4v) is 6.00. The molecular weight excluding hydrogens is 280 g/mol. The lowest BCUT2D eigenvalue weighted by molar-refractivity contribution is -0.138. The highest BCUT2D eigenvalue weighted by molar-refractivity contribution is 7.99. The second kappa shape index (κ2) is 7.04. The number of ether oxygens (including phenoxy) is 1. The number of ketones is 1. The SMILES string of the molecule is CCCC1CCC(=O)C(C2CCOC3(CCSCC3)C2)C1. The zero-order valence-corrected chi connectivity index (χ0v) is 14.3. The minimum atomic E-state index is 0.131. The van der Waals surface area contributed by atoms with Gasteiger partial charge in [0.25, 0.3) is 0 Å². The van der Waals surface area contributed by atoms with Gasteiger partial charge in [-0.3, -0.25) is 4.79 Å². The third-order valence-corrected chi connectivity index (χ3v) is 6.99. The first-order valence-corrected chi connectivity index (χ1v) is 10.1. The number of thioether (sulfide) groups is 1. The van der Waals surface area contributed by atoms with E-state index in [0.29, 0.717) is 17.6 Å². The van der Waals surface area contributed by atoms with Crippen LogP contribution in [0.5, 0.6) is 0 Å². The van der Waals surface area contributed by atoms with Crippen molar-refractivity contribution >= 4 is 17.5 Å². The van der Waals surface area contributed by atoms with Crippen molar-refractivity contribution in [1.29, 1.82) is 0 Å². The van der Waals surface area contributed by atoms with Gasteiger partial charge in [-0.25, -0.2) is 0 Å². The van der Waals surface area contributed by atoms with E-state index in [9.17, 15) is 4.79 Å². The molecule has 120 valence electrons. The number of hydrogen-bond donors (Lipinski definition) is 0. The van der Waals surface area contributed by atoms with Crippen LogP contribution in [0.25, 0.3) is 0 Å². The molecule has 1 saturated carbocycles. The number of Topliss-reactive ketones (excluding diaryl/α,β-unsaturated/α-hetero) is 1. The van der Waals surface area contributed by atoms with Crippen LogP contribution in [0.2, 0.25) is 0 Å². The largest absolute Gasteiger partial charge is 0.375 e. The molecule has 0 amide bonds. The third kappa shape index (κ3) is 3.67. The summed E-state index contributed by atoms with van der Waals surface area (Å²) in [5.41, 5.74) is 0.131. The summed E-state index contributed by atoms with van der Waals surface area (Å²) in [4.78, 5) is 12.5. The Bertz CT molecular complexity index is 357. The van der Waals surface area contributed by atoms with Gasteiger partial charge in [0.2, 0.25) is 0 Å². The highest BCUT2D eigenvalue weighted by atomic mass is 32.2. The van der Waals surface area contributed by atoms with E-state index < -0.39 is 0 Å². The Labute approximate surface area is 133 Å². The average Bonchev–Trinajstić information content (AvgIpc) is 2.50. The molecule has 3 unspecified atom stereocenters. The quantitative estimate of drug-likeness (QED) is 0.769. The number of carbonyl (C=O) groups is 1. The van der Waals surface area contributed by atoms with Crippen LogP contribution in [-0.4, -0.2) is 29.5 Å². The standard InChI is InChI=1S/C18H30O2S/c1-2-3-14-4-5-17(19)16(12-14)15-6-9-20-18(13-15)7-10-21-11-8-18/h14-16H,2-13H2,1H3. The van der Waals surface area contributed by atoms with Gasteiger partial charge in [-0.1, -0.05) is 19.8 Å². The summed E-state index contributed by atoms with van der Waals surface area (Å²) in [6.07, 6.45) is 10.4. The van der Waals surface area contributed by atoms with Gasteiger partial charge in [-0.15, -0.1) is 0 Å². The van der Waals surface area contributed by atoms with Gasteiger partial charge in [0.1, 0.15) is 5.78 Å². The molecule has 2 heterocycles. The second-order valence-electron chi connectivity index (χ2n) is 7.40. The van der Waals surface area contributed by atoms with E-state index in [2.05, 4.69) is 18.7 Å². The molecule has 3 atom stereocenters. The van der Waals surface area contributed by atoms with Gasteiger partial charge >= 0.3 is 0 Å². The smallest absolute Gasteiger partial charge is 0.136 e. The molecule has 0 N–H and O–H groups in total. The van der Waals surface area contributed by atoms with E-state index >= 15 is 0 Å². The van der Waals surface area contributed by atoms with Crippen LogP contribution in [0.1, 0.15) is 64.7 Å². The molecule has 21 heavy (non-hydrogen) atoms. The minimum absolute atomic E-state index is 0.131. The molecule has 1 spiro atoms. The summed E-state index contributed by atoms with van der Waals surface area (Å²) < 4.78 is 6.21. The number of rotatable bonds is 3. The minimum Gasteiger partial charge on any atom is -0.375 e. The van der Waals surface area contributed by atoms with Crippen molar-refractivity contribution in [2.75, 3.05) is 18.1 Å². The summed E-state index contributed by atoms with van der Waals surface area (Å²) in [6, 6.07) is 0. The lowest BCUT2D eigenvalue weighted by Gasteiger charge is -2.46. The normalized spacial score (nSPS) is 36.8. The van der Waals surface area contributed by atoms with Crippen molar-refractivity contribution in [3.63, 3.8) is 0 Å². The van der Waals surface area contributed by atoms with E-state index in [1.165, 1.54) is 43.6 Å². The van der Waals surface area contributed by atoms with Gasteiger partial charge in [-0.2, -0.15) is 11.8 Å². The molecular formula is C18H30O2S. The van der Waals surface area contributed by atoms with Crippen molar-refractivity contribution in [2.24, 2.45) is 17.8 Å². The van der Waals surface area contributed by atoms with Crippen LogP contribution in [-0.2, 0) is 9.53 Å². The average molecular weight is 311 g/mol. The predicted octanol–water partition coefficient (Wildman–Crippen LogP) is 4.46. The first kappa shape index (κ1) is 15.9. The van der Waals surface area contributed by atoms with Gasteiger partial charge in [-0.05, 0) is 61.9 Å². The Morgan fingerprint density at radius 3 is 2.86 bits per heavy atom. The van der Waals surface area contributed by atoms with Crippen LogP contribution < -0.4 is 0 Å². The van der Waals surface area contributed by atoms with Gasteiger partial charge < -0.3 is 4.74 Å². The molecule has 3 fully saturated rings. The second-order valence-corrected chi connectivity index (χ2v) is 8.62. The van der Waals surface area contributed by atoms with E-state index in [0.717, 1.165) is 38.2 Å². The van der Waals surface area contributed by atoms with Crippen molar-refractivity contribution in [1.82, 2.24) is 0 Å². The zero-order chi connectivity index (χ0) is 14.7. The molecule has 0 aromatic heterocycles. The first-order chi connectivity index (χ1) is 10.2. The van der Waals surface area contributed by atoms with Crippen LogP contribution in [0.4, 0.5) is 0 Å². The van der Waals surface area contributed by atoms with Crippen LogP contribution in [0.15, 0.2) is 0 Å². The molecule has 2 nitrogen and oxygen atoms in total. The molecule has 0 aromatic rings. The molecule has 3 rings (SSSR count). The van der Waals surface area contributed by atoms with Crippen molar-refractivity contribution in [3.05, 3.63) is 0 Å². The number of carbonyl (C=O) groups excluding carboxylic acids is 1. The third-order valence-electron chi connectivity index (χ3n) is 6.00. The van der Waals surface area contributed by atoms with Gasteiger partial charge in [0, 0.05) is 18.9 Å². The van der Waals surface area contributed by atoms with E-state index in [4.69, 9.17) is 4.74 Å². The Balaban J connectivity index is 1.65. The lowest BCUT2D eigenvalue weighted by Crippen LogP contribution is -2.46. The fourth-order valence-electron chi connectivity index (χ4n) is 4.77. The summed E-state index contributed by atoms with van der Waals surface area (Å²) in [6.45, 7) is 3.16. The van der Waals surface area contributed by atoms with Gasteiger partial charge in [0.05, 0.1) is 5.60 Å². The van der Waals surface area contributed by atoms with E-state index in [1.807, 2.05) is 0 Å². The Morgan fingerprint density at radius 1 is 1.29 bits per heavy atom. The van der Waals surface area contributed by atoms with Crippen molar-refractivity contribution in [3.8, 4) is 0 Å². The molecule has 2 aliphatic heterocycles. The fraction of sp³-hybridized carbons (Fsp3) is 0.944. The molecule has 0 aromatic carbocycles. The van der Waals surface area contributed by atoms with Crippen molar-refractivity contribution in [2.45, 2.75) is 70.3 Å². The molecule has 1 aliphatic carbocycles. The summed E-state index contributed by atoms with van der Waals surface area (Å²) in [7, 11) is 0. The van der Waals surface area contributed by atoms with E-state index in [1.54, 1.807) is 0 Å². The topological polar surface area (TPSA) is 26.3 Å². The molecule has 3 heteroatoms. The monoisotopic (exact) mass is 310 g/mol. The first-order valence-electron chi connectivity index (χ1n) is 8.97. The summed E-state index contributed by atoms with van der Waals surface area (Å²) in [5, 5.41) is 0. The van der Waals surface area contributed by atoms with Crippen LogP contribution >= 0.6 is 11.8 Å².